The third kappa shape index (κ3) is 3.48. The summed E-state index contributed by atoms with van der Waals surface area (Å²) in [6.07, 6.45) is 8.03. The summed E-state index contributed by atoms with van der Waals surface area (Å²) in [5.41, 5.74) is 5.78. The van der Waals surface area contributed by atoms with Crippen LogP contribution in [0.2, 0.25) is 0 Å². The smallest absolute Gasteiger partial charge is 0.241 e. The number of nitrogen functional groups attached to an aromatic ring is 1. The third-order valence-corrected chi connectivity index (χ3v) is 3.74. The van der Waals surface area contributed by atoms with E-state index in [1.165, 1.54) is 32.1 Å². The Morgan fingerprint density at radius 1 is 1.50 bits per heavy atom. The Labute approximate surface area is 108 Å². The van der Waals surface area contributed by atoms with Crippen molar-refractivity contribution in [3.63, 3.8) is 0 Å². The van der Waals surface area contributed by atoms with E-state index in [1.54, 1.807) is 16.9 Å². The van der Waals surface area contributed by atoms with Crippen LogP contribution < -0.4 is 11.1 Å². The highest BCUT2D eigenvalue weighted by Crippen LogP contribution is 2.34. The average Bonchev–Trinajstić information content (AvgIpc) is 2.73. The van der Waals surface area contributed by atoms with Crippen LogP contribution >= 0.6 is 0 Å². The van der Waals surface area contributed by atoms with E-state index >= 15 is 0 Å². The summed E-state index contributed by atoms with van der Waals surface area (Å²) in [6.45, 7) is 3.27. The number of carbonyl (C=O) groups is 1. The van der Waals surface area contributed by atoms with Gasteiger partial charge in [0.15, 0.2) is 0 Å². The fraction of sp³-hybridized carbons (Fsp3) is 0.692. The summed E-state index contributed by atoms with van der Waals surface area (Å²) in [5.74, 6) is 0.451. The molecule has 1 saturated carbocycles. The van der Waals surface area contributed by atoms with Crippen LogP contribution in [0.4, 0.5) is 5.82 Å². The molecule has 0 radical (unpaired) electrons. The second-order valence-electron chi connectivity index (χ2n) is 5.59. The van der Waals surface area contributed by atoms with Gasteiger partial charge >= 0.3 is 0 Å². The van der Waals surface area contributed by atoms with Crippen molar-refractivity contribution >= 4 is 11.7 Å². The zero-order valence-electron chi connectivity index (χ0n) is 11.0. The topological polar surface area (TPSA) is 72.9 Å². The molecule has 1 aliphatic rings. The number of rotatable bonds is 4. The molecule has 18 heavy (non-hydrogen) atoms. The van der Waals surface area contributed by atoms with Gasteiger partial charge < -0.3 is 11.1 Å². The first kappa shape index (κ1) is 12.9. The molecule has 5 nitrogen and oxygen atoms in total. The molecule has 0 aromatic carbocycles. The van der Waals surface area contributed by atoms with Gasteiger partial charge in [-0.15, -0.1) is 0 Å². The van der Waals surface area contributed by atoms with Crippen molar-refractivity contribution in [2.75, 3.05) is 12.3 Å². The molecule has 5 heteroatoms. The van der Waals surface area contributed by atoms with Crippen molar-refractivity contribution in [1.82, 2.24) is 15.1 Å². The second-order valence-corrected chi connectivity index (χ2v) is 5.59. The van der Waals surface area contributed by atoms with Crippen molar-refractivity contribution in [3.05, 3.63) is 12.3 Å². The molecular formula is C13H22N4O. The lowest BCUT2D eigenvalue weighted by atomic mass is 9.76. The molecule has 1 aliphatic carbocycles. The highest BCUT2D eigenvalue weighted by atomic mass is 16.2. The third-order valence-electron chi connectivity index (χ3n) is 3.74. The van der Waals surface area contributed by atoms with Crippen molar-refractivity contribution in [2.24, 2.45) is 5.41 Å². The van der Waals surface area contributed by atoms with Crippen molar-refractivity contribution < 1.29 is 4.79 Å². The first-order valence-electron chi connectivity index (χ1n) is 6.63. The van der Waals surface area contributed by atoms with Crippen molar-refractivity contribution in [3.8, 4) is 0 Å². The minimum atomic E-state index is 0.00454. The second kappa shape index (κ2) is 5.42. The van der Waals surface area contributed by atoms with E-state index in [-0.39, 0.29) is 17.9 Å². The van der Waals surface area contributed by atoms with Gasteiger partial charge in [0.1, 0.15) is 12.4 Å². The number of carbonyl (C=O) groups excluding carboxylic acids is 1. The molecule has 0 bridgehead atoms. The van der Waals surface area contributed by atoms with E-state index < -0.39 is 0 Å². The normalized spacial score (nSPS) is 18.5. The number of nitrogens with two attached hydrogens (primary N) is 1. The lowest BCUT2D eigenvalue weighted by molar-refractivity contribution is -0.122. The summed E-state index contributed by atoms with van der Waals surface area (Å²) < 4.78 is 1.56. The Hall–Kier alpha value is -1.52. The number of hydrogen-bond acceptors (Lipinski definition) is 3. The van der Waals surface area contributed by atoms with Gasteiger partial charge in [0.25, 0.3) is 0 Å². The summed E-state index contributed by atoms with van der Waals surface area (Å²) in [7, 11) is 0. The van der Waals surface area contributed by atoms with Gasteiger partial charge in [0.05, 0.1) is 0 Å². The lowest BCUT2D eigenvalue weighted by Gasteiger charge is -2.33. The number of anilines is 1. The highest BCUT2D eigenvalue weighted by Gasteiger charge is 2.26. The van der Waals surface area contributed by atoms with E-state index in [2.05, 4.69) is 17.3 Å². The van der Waals surface area contributed by atoms with Gasteiger partial charge in [-0.05, 0) is 24.3 Å². The van der Waals surface area contributed by atoms with Crippen molar-refractivity contribution in [2.45, 2.75) is 45.6 Å². The molecule has 1 fully saturated rings. The van der Waals surface area contributed by atoms with Gasteiger partial charge in [-0.25, -0.2) is 0 Å². The van der Waals surface area contributed by atoms with E-state index in [4.69, 9.17) is 5.73 Å². The molecule has 0 aliphatic heterocycles. The molecule has 0 spiro atoms. The molecular weight excluding hydrogens is 228 g/mol. The van der Waals surface area contributed by atoms with E-state index in [9.17, 15) is 4.79 Å². The standard InChI is InChI=1S/C13H22N4O/c1-13(6-3-2-4-7-13)10-15-12(18)9-17-8-5-11(14)16-17/h5,8H,2-4,6-7,9-10H2,1H3,(H2,14,16)(H,15,18). The molecule has 3 N–H and O–H groups in total. The van der Waals surface area contributed by atoms with Gasteiger partial charge in [0.2, 0.25) is 5.91 Å². The maximum Gasteiger partial charge on any atom is 0.241 e. The number of nitrogens with one attached hydrogen (secondary N) is 1. The first-order chi connectivity index (χ1) is 8.57. The molecule has 1 aromatic heterocycles. The minimum absolute atomic E-state index is 0.00454. The maximum atomic E-state index is 11.8. The van der Waals surface area contributed by atoms with Crippen LogP contribution in [0, 0.1) is 5.41 Å². The monoisotopic (exact) mass is 250 g/mol. The van der Waals surface area contributed by atoms with E-state index in [1.807, 2.05) is 0 Å². The van der Waals surface area contributed by atoms with Crippen LogP contribution in [0.1, 0.15) is 39.0 Å². The molecule has 0 atom stereocenters. The molecule has 1 amide bonds. The summed E-state index contributed by atoms with van der Waals surface area (Å²) in [6, 6.07) is 1.69. The van der Waals surface area contributed by atoms with Gasteiger partial charge in [-0.2, -0.15) is 5.10 Å². The molecule has 1 heterocycles. The van der Waals surface area contributed by atoms with E-state index in [0.717, 1.165) is 6.54 Å². The summed E-state index contributed by atoms with van der Waals surface area (Å²) in [4.78, 5) is 11.8. The van der Waals surface area contributed by atoms with Gasteiger partial charge in [0, 0.05) is 12.7 Å². The predicted octanol–water partition coefficient (Wildman–Crippen LogP) is 1.55. The van der Waals surface area contributed by atoms with Crippen LogP contribution in [0.5, 0.6) is 0 Å². The fourth-order valence-corrected chi connectivity index (χ4v) is 2.56. The number of nitrogens with zero attached hydrogens (tertiary/aromatic N) is 2. The fourth-order valence-electron chi connectivity index (χ4n) is 2.56. The van der Waals surface area contributed by atoms with Crippen LogP contribution in [0.3, 0.4) is 0 Å². The van der Waals surface area contributed by atoms with Crippen LogP contribution in [-0.2, 0) is 11.3 Å². The lowest BCUT2D eigenvalue weighted by Crippen LogP contribution is -2.38. The SMILES string of the molecule is CC1(CNC(=O)Cn2ccc(N)n2)CCCCC1. The zero-order valence-corrected chi connectivity index (χ0v) is 11.0. The molecule has 2 rings (SSSR count). The number of aromatic nitrogens is 2. The Bertz CT molecular complexity index is 407. The largest absolute Gasteiger partial charge is 0.382 e. The quantitative estimate of drug-likeness (QED) is 0.851. The Balaban J connectivity index is 1.77. The Morgan fingerprint density at radius 2 is 2.22 bits per heavy atom. The highest BCUT2D eigenvalue weighted by molar-refractivity contribution is 5.75. The van der Waals surface area contributed by atoms with Crippen LogP contribution in [0.25, 0.3) is 0 Å². The molecule has 0 saturated heterocycles. The van der Waals surface area contributed by atoms with Crippen molar-refractivity contribution in [1.29, 1.82) is 0 Å². The number of hydrogen-bond donors (Lipinski definition) is 2. The number of amides is 1. The zero-order chi connectivity index (χ0) is 13.0. The molecule has 0 unspecified atom stereocenters. The predicted molar refractivity (Wildman–Crippen MR) is 70.8 cm³/mol. The van der Waals surface area contributed by atoms with E-state index in [0.29, 0.717) is 5.82 Å². The summed E-state index contributed by atoms with van der Waals surface area (Å²) >= 11 is 0. The van der Waals surface area contributed by atoms with Crippen LogP contribution in [0.15, 0.2) is 12.3 Å². The van der Waals surface area contributed by atoms with Crippen LogP contribution in [-0.4, -0.2) is 22.2 Å². The molecule has 1 aromatic rings. The van der Waals surface area contributed by atoms with Gasteiger partial charge in [-0.1, -0.05) is 26.2 Å². The Morgan fingerprint density at radius 3 is 2.83 bits per heavy atom. The summed E-state index contributed by atoms with van der Waals surface area (Å²) in [5, 5.41) is 7.01. The molecule has 100 valence electrons. The first-order valence-corrected chi connectivity index (χ1v) is 6.63. The average molecular weight is 250 g/mol. The van der Waals surface area contributed by atoms with Gasteiger partial charge in [-0.3, -0.25) is 9.48 Å². The minimum Gasteiger partial charge on any atom is -0.382 e. The Kier molecular flexibility index (Phi) is 3.89. The maximum absolute atomic E-state index is 11.8.